The molecule has 1 aliphatic heterocycles. The number of aromatic nitrogens is 7. The summed E-state index contributed by atoms with van der Waals surface area (Å²) in [6, 6.07) is 9.60. The molecule has 0 spiro atoms. The summed E-state index contributed by atoms with van der Waals surface area (Å²) in [7, 11) is 0. The lowest BCUT2D eigenvalue weighted by Gasteiger charge is -2.33. The molecule has 5 rings (SSSR count). The Morgan fingerprint density at radius 3 is 2.89 bits per heavy atom. The number of hydrogen-bond acceptors (Lipinski definition) is 6. The van der Waals surface area contributed by atoms with E-state index >= 15 is 0 Å². The van der Waals surface area contributed by atoms with Crippen LogP contribution in [0.15, 0.2) is 47.8 Å². The molecule has 0 unspecified atom stereocenters. The molecule has 4 aromatic rings. The van der Waals surface area contributed by atoms with Gasteiger partial charge in [-0.15, -0.1) is 0 Å². The number of nitrogens with one attached hydrogen (secondary N) is 2. The van der Waals surface area contributed by atoms with Crippen molar-refractivity contribution >= 4 is 17.0 Å². The molecule has 1 fully saturated rings. The zero-order chi connectivity index (χ0) is 18.2. The number of nitrogens with zero attached hydrogens (tertiary/aromatic N) is 6. The van der Waals surface area contributed by atoms with Crippen molar-refractivity contribution in [1.82, 2.24) is 34.7 Å². The normalized spacial score (nSPS) is 17.5. The average Bonchev–Trinajstić information content (AvgIpc) is 3.35. The molecule has 4 heterocycles. The van der Waals surface area contributed by atoms with Crippen LogP contribution < -0.4 is 10.6 Å². The molecule has 27 heavy (non-hydrogen) atoms. The van der Waals surface area contributed by atoms with Gasteiger partial charge in [-0.2, -0.15) is 5.10 Å². The predicted molar refractivity (Wildman–Crippen MR) is 100 cm³/mol. The van der Waals surface area contributed by atoms with Crippen LogP contribution in [0.5, 0.6) is 0 Å². The number of imidazole rings is 1. The number of fused-ring (bicyclic) bond motifs is 1. The summed E-state index contributed by atoms with van der Waals surface area (Å²) in [6.45, 7) is 1.61. The van der Waals surface area contributed by atoms with Gasteiger partial charge in [-0.25, -0.2) is 29.4 Å². The number of benzene rings is 1. The van der Waals surface area contributed by atoms with Crippen molar-refractivity contribution in [1.29, 1.82) is 0 Å². The standard InChI is InChI=1S/C18H18N8O/c27-18-24-23-16(26(18)13-6-2-1-3-7-13)12-5-4-8-25(9-12)17-14-15(20-10-19-14)21-11-22-17/h1-3,6-7,10-12H,4-5,8-9H2,(H,24,27)(H,19,20,21,22)/t12-/m1/s1. The second-order valence-electron chi connectivity index (χ2n) is 6.64. The van der Waals surface area contributed by atoms with E-state index in [2.05, 4.69) is 35.0 Å². The third kappa shape index (κ3) is 2.67. The van der Waals surface area contributed by atoms with Crippen LogP contribution in [-0.2, 0) is 0 Å². The molecule has 3 aromatic heterocycles. The number of piperidine rings is 1. The van der Waals surface area contributed by atoms with Crippen molar-refractivity contribution in [3.05, 3.63) is 59.3 Å². The molecule has 9 nitrogen and oxygen atoms in total. The molecule has 1 saturated heterocycles. The first-order valence-electron chi connectivity index (χ1n) is 8.93. The molecular formula is C18H18N8O. The quantitative estimate of drug-likeness (QED) is 0.573. The number of aromatic amines is 2. The van der Waals surface area contributed by atoms with Crippen LogP contribution in [0.4, 0.5) is 5.82 Å². The van der Waals surface area contributed by atoms with E-state index in [1.807, 2.05) is 30.3 Å². The van der Waals surface area contributed by atoms with Crippen molar-refractivity contribution in [3.63, 3.8) is 0 Å². The first-order valence-corrected chi connectivity index (χ1v) is 8.93. The van der Waals surface area contributed by atoms with Crippen LogP contribution >= 0.6 is 0 Å². The van der Waals surface area contributed by atoms with E-state index in [0.29, 0.717) is 5.65 Å². The molecule has 136 valence electrons. The van der Waals surface area contributed by atoms with E-state index in [9.17, 15) is 4.79 Å². The minimum absolute atomic E-state index is 0.117. The molecule has 0 amide bonds. The van der Waals surface area contributed by atoms with E-state index in [0.717, 1.165) is 48.8 Å². The van der Waals surface area contributed by atoms with Gasteiger partial charge in [-0.05, 0) is 25.0 Å². The smallest absolute Gasteiger partial charge is 0.347 e. The monoisotopic (exact) mass is 362 g/mol. The minimum Gasteiger partial charge on any atom is -0.354 e. The van der Waals surface area contributed by atoms with Gasteiger partial charge in [0.05, 0.1) is 12.0 Å². The largest absolute Gasteiger partial charge is 0.354 e. The fourth-order valence-electron chi connectivity index (χ4n) is 3.78. The van der Waals surface area contributed by atoms with Gasteiger partial charge in [0.1, 0.15) is 17.7 Å². The summed E-state index contributed by atoms with van der Waals surface area (Å²) in [4.78, 5) is 30.6. The minimum atomic E-state index is -0.216. The van der Waals surface area contributed by atoms with Crippen molar-refractivity contribution in [2.24, 2.45) is 0 Å². The summed E-state index contributed by atoms with van der Waals surface area (Å²) in [5.74, 6) is 1.71. The van der Waals surface area contributed by atoms with Gasteiger partial charge in [0.25, 0.3) is 0 Å². The first kappa shape index (κ1) is 15.7. The highest BCUT2D eigenvalue weighted by molar-refractivity contribution is 5.82. The van der Waals surface area contributed by atoms with Gasteiger partial charge in [0, 0.05) is 19.0 Å². The molecular weight excluding hydrogens is 344 g/mol. The van der Waals surface area contributed by atoms with E-state index in [4.69, 9.17) is 0 Å². The fraction of sp³-hybridized carbons (Fsp3) is 0.278. The lowest BCUT2D eigenvalue weighted by atomic mass is 9.97. The van der Waals surface area contributed by atoms with Crippen LogP contribution in [-0.4, -0.2) is 47.8 Å². The summed E-state index contributed by atoms with van der Waals surface area (Å²) in [5, 5.41) is 6.95. The Balaban J connectivity index is 1.51. The number of para-hydroxylation sites is 1. The molecule has 0 saturated carbocycles. The Kier molecular flexibility index (Phi) is 3.70. The van der Waals surface area contributed by atoms with Crippen molar-refractivity contribution in [2.45, 2.75) is 18.8 Å². The third-order valence-corrected chi connectivity index (χ3v) is 5.00. The number of hydrogen-bond donors (Lipinski definition) is 2. The second kappa shape index (κ2) is 6.35. The highest BCUT2D eigenvalue weighted by atomic mass is 16.1. The molecule has 0 aliphatic carbocycles. The van der Waals surface area contributed by atoms with E-state index in [-0.39, 0.29) is 11.6 Å². The highest BCUT2D eigenvalue weighted by Crippen LogP contribution is 2.30. The van der Waals surface area contributed by atoms with Crippen LogP contribution in [0.1, 0.15) is 24.6 Å². The van der Waals surface area contributed by atoms with E-state index in [1.54, 1.807) is 10.9 Å². The Morgan fingerprint density at radius 1 is 1.11 bits per heavy atom. The Morgan fingerprint density at radius 2 is 2.00 bits per heavy atom. The fourth-order valence-corrected chi connectivity index (χ4v) is 3.78. The highest BCUT2D eigenvalue weighted by Gasteiger charge is 2.28. The van der Waals surface area contributed by atoms with E-state index < -0.39 is 0 Å². The van der Waals surface area contributed by atoms with Gasteiger partial charge >= 0.3 is 5.69 Å². The molecule has 1 aromatic carbocycles. The Hall–Kier alpha value is -3.49. The second-order valence-corrected chi connectivity index (χ2v) is 6.64. The van der Waals surface area contributed by atoms with Crippen LogP contribution in [0, 0.1) is 0 Å². The molecule has 0 bridgehead atoms. The average molecular weight is 362 g/mol. The predicted octanol–water partition coefficient (Wildman–Crippen LogP) is 1.61. The van der Waals surface area contributed by atoms with Gasteiger partial charge in [0.15, 0.2) is 11.5 Å². The van der Waals surface area contributed by atoms with Crippen molar-refractivity contribution in [3.8, 4) is 5.69 Å². The Labute approximate surface area is 154 Å². The number of rotatable bonds is 3. The van der Waals surface area contributed by atoms with Crippen molar-refractivity contribution in [2.75, 3.05) is 18.0 Å². The summed E-state index contributed by atoms with van der Waals surface area (Å²) in [5.41, 5.74) is 2.09. The zero-order valence-corrected chi connectivity index (χ0v) is 14.5. The van der Waals surface area contributed by atoms with Gasteiger partial charge in [-0.1, -0.05) is 18.2 Å². The van der Waals surface area contributed by atoms with Gasteiger partial charge in [-0.3, -0.25) is 0 Å². The van der Waals surface area contributed by atoms with Crippen molar-refractivity contribution < 1.29 is 0 Å². The first-order chi connectivity index (χ1) is 13.3. The maximum absolute atomic E-state index is 12.4. The third-order valence-electron chi connectivity index (χ3n) is 5.00. The van der Waals surface area contributed by atoms with Crippen LogP contribution in [0.25, 0.3) is 16.9 Å². The van der Waals surface area contributed by atoms with Crippen LogP contribution in [0.2, 0.25) is 0 Å². The van der Waals surface area contributed by atoms with E-state index in [1.165, 1.54) is 6.33 Å². The maximum atomic E-state index is 12.4. The lowest BCUT2D eigenvalue weighted by molar-refractivity contribution is 0.483. The topological polar surface area (TPSA) is 108 Å². The molecule has 9 heteroatoms. The van der Waals surface area contributed by atoms with Gasteiger partial charge < -0.3 is 9.88 Å². The lowest BCUT2D eigenvalue weighted by Crippen LogP contribution is -2.36. The molecule has 1 atom stereocenters. The number of anilines is 1. The van der Waals surface area contributed by atoms with Gasteiger partial charge in [0.2, 0.25) is 0 Å². The summed E-state index contributed by atoms with van der Waals surface area (Å²) < 4.78 is 1.67. The molecule has 1 aliphatic rings. The SMILES string of the molecule is O=c1[nH]nc([C@@H]2CCCN(c3ncnc4nc[nH]c34)C2)n1-c1ccccc1. The maximum Gasteiger partial charge on any atom is 0.347 e. The Bertz CT molecular complexity index is 1130. The summed E-state index contributed by atoms with van der Waals surface area (Å²) in [6.07, 6.45) is 5.12. The zero-order valence-electron chi connectivity index (χ0n) is 14.5. The summed E-state index contributed by atoms with van der Waals surface area (Å²) >= 11 is 0. The molecule has 2 N–H and O–H groups in total. The van der Waals surface area contributed by atoms with Crippen LogP contribution in [0.3, 0.4) is 0 Å². The number of H-pyrrole nitrogens is 2. The molecule has 0 radical (unpaired) electrons.